The van der Waals surface area contributed by atoms with Crippen LogP contribution in [0.4, 0.5) is 0 Å². The van der Waals surface area contributed by atoms with E-state index in [0.29, 0.717) is 16.4 Å². The van der Waals surface area contributed by atoms with E-state index in [0.717, 1.165) is 40.1 Å². The average Bonchev–Trinajstić information content (AvgIpc) is 3.44. The quantitative estimate of drug-likeness (QED) is 0.694. The van der Waals surface area contributed by atoms with Crippen LogP contribution in [-0.2, 0) is 0 Å². The molecule has 0 spiro atoms. The molecule has 0 aliphatic heterocycles. The molecule has 26 heavy (non-hydrogen) atoms. The molecule has 3 aromatic heterocycles. The van der Waals surface area contributed by atoms with Gasteiger partial charge in [0, 0.05) is 23.7 Å². The molecular weight excluding hydrogens is 350 g/mol. The number of pyridine rings is 1. The lowest BCUT2D eigenvalue weighted by Gasteiger charge is -2.06. The van der Waals surface area contributed by atoms with Crippen LogP contribution in [0.3, 0.4) is 0 Å². The lowest BCUT2D eigenvalue weighted by molar-refractivity contribution is 0.0848. The molecule has 1 aliphatic carbocycles. The van der Waals surface area contributed by atoms with Gasteiger partial charge in [-0.05, 0) is 44.4 Å². The van der Waals surface area contributed by atoms with Crippen LogP contribution in [0.15, 0.2) is 24.5 Å². The van der Waals surface area contributed by atoms with Crippen molar-refractivity contribution in [2.24, 2.45) is 0 Å². The number of carbonyl (C=O) groups excluding carboxylic acids is 2. The molecule has 132 valence electrons. The summed E-state index contributed by atoms with van der Waals surface area (Å²) in [7, 11) is 0. The maximum absolute atomic E-state index is 12.5. The van der Waals surface area contributed by atoms with Gasteiger partial charge in [-0.15, -0.1) is 11.3 Å². The van der Waals surface area contributed by atoms with E-state index >= 15 is 0 Å². The molecule has 4 rings (SSSR count). The van der Waals surface area contributed by atoms with Crippen LogP contribution in [0.25, 0.3) is 10.2 Å². The first-order valence-corrected chi connectivity index (χ1v) is 9.14. The fraction of sp³-hybridized carbons (Fsp3) is 0.278. The number of rotatable bonds is 3. The van der Waals surface area contributed by atoms with Gasteiger partial charge in [0.15, 0.2) is 0 Å². The number of aryl methyl sites for hydroxylation is 2. The Morgan fingerprint density at radius 2 is 1.92 bits per heavy atom. The largest absolute Gasteiger partial charge is 0.280 e. The van der Waals surface area contributed by atoms with Gasteiger partial charge >= 0.3 is 0 Å². The number of amides is 2. The number of nitrogens with zero attached hydrogens (tertiary/aromatic N) is 3. The van der Waals surface area contributed by atoms with Crippen LogP contribution < -0.4 is 10.9 Å². The molecule has 3 heterocycles. The third-order valence-electron chi connectivity index (χ3n) is 4.35. The molecule has 1 aliphatic rings. The second kappa shape index (κ2) is 6.45. The third kappa shape index (κ3) is 3.03. The van der Waals surface area contributed by atoms with Crippen LogP contribution in [-0.4, -0.2) is 26.8 Å². The molecule has 0 saturated heterocycles. The van der Waals surface area contributed by atoms with E-state index in [9.17, 15) is 9.59 Å². The van der Waals surface area contributed by atoms with E-state index in [1.54, 1.807) is 18.3 Å². The molecule has 2 amide bonds. The van der Waals surface area contributed by atoms with E-state index in [4.69, 9.17) is 0 Å². The van der Waals surface area contributed by atoms with Gasteiger partial charge in [-0.25, -0.2) is 9.97 Å². The van der Waals surface area contributed by atoms with Gasteiger partial charge in [0.1, 0.15) is 10.7 Å². The molecule has 1 saturated carbocycles. The minimum atomic E-state index is -0.419. The fourth-order valence-electron chi connectivity index (χ4n) is 2.84. The van der Waals surface area contributed by atoms with Crippen LogP contribution in [0, 0.1) is 13.8 Å². The van der Waals surface area contributed by atoms with Crippen molar-refractivity contribution in [3.8, 4) is 0 Å². The highest BCUT2D eigenvalue weighted by Crippen LogP contribution is 2.40. The summed E-state index contributed by atoms with van der Waals surface area (Å²) in [5.41, 5.74) is 6.98. The zero-order chi connectivity index (χ0) is 18.3. The molecule has 0 aromatic carbocycles. The Morgan fingerprint density at radius 3 is 2.62 bits per heavy atom. The van der Waals surface area contributed by atoms with Gasteiger partial charge in [0.25, 0.3) is 11.8 Å². The predicted octanol–water partition coefficient (Wildman–Crippen LogP) is 2.66. The molecule has 3 aromatic rings. The highest BCUT2D eigenvalue weighted by atomic mass is 32.1. The van der Waals surface area contributed by atoms with E-state index in [-0.39, 0.29) is 5.91 Å². The first kappa shape index (κ1) is 16.6. The van der Waals surface area contributed by atoms with Crippen LogP contribution in [0.5, 0.6) is 0 Å². The molecule has 0 radical (unpaired) electrons. The summed E-state index contributed by atoms with van der Waals surface area (Å²) in [4.78, 5) is 39.0. The number of hydrogen-bond acceptors (Lipinski definition) is 6. The SMILES string of the molecule is Cc1nc(C2CC2)nc2sc(C(=O)NNC(=O)c3cccnc3)c(C)c12. The summed E-state index contributed by atoms with van der Waals surface area (Å²) in [5, 5.41) is 0.920. The van der Waals surface area contributed by atoms with E-state index in [1.807, 2.05) is 13.8 Å². The summed E-state index contributed by atoms with van der Waals surface area (Å²) in [5.74, 6) is 0.539. The lowest BCUT2D eigenvalue weighted by atomic mass is 10.1. The fourth-order valence-corrected chi connectivity index (χ4v) is 3.97. The Labute approximate surface area is 153 Å². The van der Waals surface area contributed by atoms with Crippen LogP contribution in [0.1, 0.15) is 55.9 Å². The van der Waals surface area contributed by atoms with Crippen molar-refractivity contribution in [3.63, 3.8) is 0 Å². The monoisotopic (exact) mass is 367 g/mol. The van der Waals surface area contributed by atoms with E-state index < -0.39 is 5.91 Å². The minimum Gasteiger partial charge on any atom is -0.267 e. The Hall–Kier alpha value is -2.87. The van der Waals surface area contributed by atoms with Gasteiger partial charge in [-0.1, -0.05) is 0 Å². The van der Waals surface area contributed by atoms with Gasteiger partial charge in [-0.2, -0.15) is 0 Å². The van der Waals surface area contributed by atoms with Crippen molar-refractivity contribution in [1.82, 2.24) is 25.8 Å². The molecule has 0 atom stereocenters. The van der Waals surface area contributed by atoms with E-state index in [1.165, 1.54) is 17.5 Å². The van der Waals surface area contributed by atoms with Gasteiger partial charge in [0.05, 0.1) is 16.1 Å². The number of hydrogen-bond donors (Lipinski definition) is 2. The Balaban J connectivity index is 1.56. The summed E-state index contributed by atoms with van der Waals surface area (Å²) in [6.07, 6.45) is 5.27. The second-order valence-electron chi connectivity index (χ2n) is 6.33. The molecular formula is C18H17N5O2S. The summed E-state index contributed by atoms with van der Waals surface area (Å²) >= 11 is 1.33. The maximum atomic E-state index is 12.5. The molecule has 1 fully saturated rings. The van der Waals surface area contributed by atoms with Crippen molar-refractivity contribution in [3.05, 3.63) is 52.0 Å². The number of carbonyl (C=O) groups is 2. The lowest BCUT2D eigenvalue weighted by Crippen LogP contribution is -2.41. The molecule has 2 N–H and O–H groups in total. The standard InChI is InChI=1S/C18H17N5O2S/c1-9-13-10(2)20-15(11-5-6-11)21-18(13)26-14(9)17(25)23-22-16(24)12-4-3-7-19-8-12/h3-4,7-8,11H,5-6H2,1-2H3,(H,22,24)(H,23,25). The van der Waals surface area contributed by atoms with Crippen molar-refractivity contribution < 1.29 is 9.59 Å². The van der Waals surface area contributed by atoms with Crippen LogP contribution in [0.2, 0.25) is 0 Å². The van der Waals surface area contributed by atoms with Crippen LogP contribution >= 0.6 is 11.3 Å². The van der Waals surface area contributed by atoms with Gasteiger partial charge < -0.3 is 0 Å². The zero-order valence-electron chi connectivity index (χ0n) is 14.4. The topological polar surface area (TPSA) is 96.9 Å². The Bertz CT molecular complexity index is 1010. The summed E-state index contributed by atoms with van der Waals surface area (Å²) in [6, 6.07) is 3.28. The van der Waals surface area contributed by atoms with Crippen molar-refractivity contribution >= 4 is 33.4 Å². The van der Waals surface area contributed by atoms with E-state index in [2.05, 4.69) is 25.8 Å². The van der Waals surface area contributed by atoms with Crippen molar-refractivity contribution in [2.75, 3.05) is 0 Å². The maximum Gasteiger partial charge on any atom is 0.280 e. The molecule has 0 bridgehead atoms. The average molecular weight is 367 g/mol. The number of aromatic nitrogens is 3. The van der Waals surface area contributed by atoms with Crippen molar-refractivity contribution in [1.29, 1.82) is 0 Å². The first-order chi connectivity index (χ1) is 12.5. The Kier molecular flexibility index (Phi) is 4.12. The smallest absolute Gasteiger partial charge is 0.267 e. The molecule has 0 unspecified atom stereocenters. The Morgan fingerprint density at radius 1 is 1.15 bits per heavy atom. The third-order valence-corrected chi connectivity index (χ3v) is 5.53. The molecule has 8 heteroatoms. The van der Waals surface area contributed by atoms with Gasteiger partial charge in [-0.3, -0.25) is 25.4 Å². The first-order valence-electron chi connectivity index (χ1n) is 8.33. The van der Waals surface area contributed by atoms with Crippen molar-refractivity contribution in [2.45, 2.75) is 32.6 Å². The second-order valence-corrected chi connectivity index (χ2v) is 7.33. The zero-order valence-corrected chi connectivity index (χ0v) is 15.2. The number of fused-ring (bicyclic) bond motifs is 1. The molecule has 7 nitrogen and oxygen atoms in total. The summed E-state index contributed by atoms with van der Waals surface area (Å²) in [6.45, 7) is 3.82. The summed E-state index contributed by atoms with van der Waals surface area (Å²) < 4.78 is 0. The number of nitrogens with one attached hydrogen (secondary N) is 2. The normalized spacial score (nSPS) is 13.6. The number of hydrazine groups is 1. The van der Waals surface area contributed by atoms with Gasteiger partial charge in [0.2, 0.25) is 0 Å². The number of thiophene rings is 1. The highest BCUT2D eigenvalue weighted by molar-refractivity contribution is 7.20. The highest BCUT2D eigenvalue weighted by Gasteiger charge is 2.28. The minimum absolute atomic E-state index is 0.366. The predicted molar refractivity (Wildman–Crippen MR) is 98.0 cm³/mol.